The number of carbonyl (C=O) groups excluding carboxylic acids is 1. The summed E-state index contributed by atoms with van der Waals surface area (Å²) in [5.74, 6) is -0.0214. The minimum Gasteiger partial charge on any atom is -0.325 e. The minimum absolute atomic E-state index is 0.0214. The van der Waals surface area contributed by atoms with E-state index in [0.717, 1.165) is 13.1 Å². The van der Waals surface area contributed by atoms with E-state index in [1.165, 1.54) is 24.2 Å². The van der Waals surface area contributed by atoms with E-state index in [2.05, 4.69) is 5.32 Å². The number of quaternary nitrogens is 1. The van der Waals surface area contributed by atoms with Gasteiger partial charge in [0.05, 0.1) is 28.8 Å². The van der Waals surface area contributed by atoms with Crippen LogP contribution in [0, 0.1) is 0 Å². The van der Waals surface area contributed by atoms with Gasteiger partial charge in [-0.15, -0.1) is 0 Å². The van der Waals surface area contributed by atoms with Gasteiger partial charge in [0, 0.05) is 0 Å². The zero-order valence-corrected chi connectivity index (χ0v) is 12.5. The first-order valence-corrected chi connectivity index (χ1v) is 7.44. The molecule has 1 aromatic carbocycles. The topological polar surface area (TPSA) is 33.5 Å². The lowest BCUT2D eigenvalue weighted by Gasteiger charge is -2.28. The molecule has 1 heterocycles. The molecule has 0 aliphatic carbocycles. The van der Waals surface area contributed by atoms with E-state index < -0.39 is 0 Å². The van der Waals surface area contributed by atoms with E-state index in [1.807, 2.05) is 6.92 Å². The number of piperidine rings is 1. The number of hydrogen-bond acceptors (Lipinski definition) is 1. The van der Waals surface area contributed by atoms with Crippen LogP contribution in [-0.4, -0.2) is 25.0 Å². The second kappa shape index (κ2) is 6.60. The third kappa shape index (κ3) is 3.62. The summed E-state index contributed by atoms with van der Waals surface area (Å²) in [5, 5.41) is 3.80. The lowest BCUT2D eigenvalue weighted by molar-refractivity contribution is -0.918. The van der Waals surface area contributed by atoms with Crippen LogP contribution in [0.3, 0.4) is 0 Å². The molecule has 1 fully saturated rings. The van der Waals surface area contributed by atoms with Gasteiger partial charge in [-0.05, 0) is 38.3 Å². The third-order valence-corrected chi connectivity index (χ3v) is 4.34. The van der Waals surface area contributed by atoms with E-state index in [1.54, 1.807) is 18.2 Å². The van der Waals surface area contributed by atoms with Crippen molar-refractivity contribution in [1.29, 1.82) is 0 Å². The first kappa shape index (κ1) is 14.6. The SMILES string of the molecule is C[C@@H](C(=O)Nc1c(Cl)cccc1Cl)[NH+]1CCCCC1. The summed E-state index contributed by atoms with van der Waals surface area (Å²) < 4.78 is 0. The maximum Gasteiger partial charge on any atom is 0.282 e. The van der Waals surface area contributed by atoms with Crippen LogP contribution in [0.15, 0.2) is 18.2 Å². The van der Waals surface area contributed by atoms with Gasteiger partial charge in [-0.1, -0.05) is 29.3 Å². The van der Waals surface area contributed by atoms with Crippen LogP contribution in [0.25, 0.3) is 0 Å². The Labute approximate surface area is 123 Å². The van der Waals surface area contributed by atoms with Crippen molar-refractivity contribution in [2.24, 2.45) is 0 Å². The number of anilines is 1. The molecule has 19 heavy (non-hydrogen) atoms. The monoisotopic (exact) mass is 301 g/mol. The van der Waals surface area contributed by atoms with Gasteiger partial charge < -0.3 is 10.2 Å². The van der Waals surface area contributed by atoms with E-state index in [4.69, 9.17) is 23.2 Å². The molecule has 1 aliphatic rings. The van der Waals surface area contributed by atoms with Crippen molar-refractivity contribution in [2.45, 2.75) is 32.2 Å². The van der Waals surface area contributed by atoms with Crippen LogP contribution in [0.1, 0.15) is 26.2 Å². The fourth-order valence-electron chi connectivity index (χ4n) is 2.47. The van der Waals surface area contributed by atoms with Crippen molar-refractivity contribution in [3.8, 4) is 0 Å². The Balaban J connectivity index is 2.04. The predicted octanol–water partition coefficient (Wildman–Crippen LogP) is 2.39. The molecule has 0 aromatic heterocycles. The number of nitrogens with one attached hydrogen (secondary N) is 2. The molecule has 1 aliphatic heterocycles. The van der Waals surface area contributed by atoms with Crippen LogP contribution < -0.4 is 10.2 Å². The third-order valence-electron chi connectivity index (χ3n) is 3.71. The molecule has 0 unspecified atom stereocenters. The van der Waals surface area contributed by atoms with Crippen molar-refractivity contribution < 1.29 is 9.69 Å². The fourth-order valence-corrected chi connectivity index (χ4v) is 2.96. The number of para-hydroxylation sites is 1. The van der Waals surface area contributed by atoms with E-state index >= 15 is 0 Å². The second-order valence-electron chi connectivity index (χ2n) is 5.03. The maximum absolute atomic E-state index is 12.3. The lowest BCUT2D eigenvalue weighted by atomic mass is 10.1. The first-order valence-electron chi connectivity index (χ1n) is 6.69. The highest BCUT2D eigenvalue weighted by Crippen LogP contribution is 2.29. The maximum atomic E-state index is 12.3. The highest BCUT2D eigenvalue weighted by Gasteiger charge is 2.27. The molecule has 1 saturated heterocycles. The average Bonchev–Trinajstić information content (AvgIpc) is 2.43. The number of likely N-dealkylation sites (tertiary alicyclic amines) is 1. The number of rotatable bonds is 3. The zero-order chi connectivity index (χ0) is 13.8. The molecule has 0 saturated carbocycles. The molecule has 2 rings (SSSR count). The fraction of sp³-hybridized carbons (Fsp3) is 0.500. The molecule has 0 radical (unpaired) electrons. The molecule has 0 bridgehead atoms. The summed E-state index contributed by atoms with van der Waals surface area (Å²) >= 11 is 12.1. The zero-order valence-electron chi connectivity index (χ0n) is 11.0. The Morgan fingerprint density at radius 1 is 1.21 bits per heavy atom. The summed E-state index contributed by atoms with van der Waals surface area (Å²) in [7, 11) is 0. The van der Waals surface area contributed by atoms with Gasteiger partial charge in [-0.3, -0.25) is 4.79 Å². The van der Waals surface area contributed by atoms with Crippen LogP contribution in [0.5, 0.6) is 0 Å². The molecule has 2 N–H and O–H groups in total. The summed E-state index contributed by atoms with van der Waals surface area (Å²) in [6.07, 6.45) is 3.66. The number of halogens is 2. The molecule has 104 valence electrons. The summed E-state index contributed by atoms with van der Waals surface area (Å²) in [4.78, 5) is 13.6. The van der Waals surface area contributed by atoms with Gasteiger partial charge in [-0.2, -0.15) is 0 Å². The number of carbonyl (C=O) groups is 1. The van der Waals surface area contributed by atoms with Crippen molar-refractivity contribution in [1.82, 2.24) is 0 Å². The number of amides is 1. The van der Waals surface area contributed by atoms with Gasteiger partial charge in [0.1, 0.15) is 0 Å². The molecular weight excluding hydrogens is 283 g/mol. The van der Waals surface area contributed by atoms with Crippen LogP contribution in [-0.2, 0) is 4.79 Å². The molecule has 1 amide bonds. The summed E-state index contributed by atoms with van der Waals surface area (Å²) in [6.45, 7) is 4.08. The summed E-state index contributed by atoms with van der Waals surface area (Å²) in [6, 6.07) is 5.13. The van der Waals surface area contributed by atoms with Gasteiger partial charge in [-0.25, -0.2) is 0 Å². The molecule has 3 nitrogen and oxygen atoms in total. The molecule has 0 spiro atoms. The summed E-state index contributed by atoms with van der Waals surface area (Å²) in [5.41, 5.74) is 0.513. The van der Waals surface area contributed by atoms with Crippen molar-refractivity contribution >= 4 is 34.8 Å². The van der Waals surface area contributed by atoms with Gasteiger partial charge >= 0.3 is 0 Å². The lowest BCUT2D eigenvalue weighted by Crippen LogP contribution is -3.17. The van der Waals surface area contributed by atoms with Crippen molar-refractivity contribution in [3.05, 3.63) is 28.2 Å². The Bertz CT molecular complexity index is 439. The number of benzene rings is 1. The Hall–Kier alpha value is -0.770. The highest BCUT2D eigenvalue weighted by atomic mass is 35.5. The standard InChI is InChI=1S/C14H18Cl2N2O/c1-10(18-8-3-2-4-9-18)14(19)17-13-11(15)6-5-7-12(13)16/h5-7,10H,2-4,8-9H2,1H3,(H,17,19)/p+1/t10-/m0/s1. The van der Waals surface area contributed by atoms with E-state index in [0.29, 0.717) is 15.7 Å². The molecular formula is C14H19Cl2N2O+. The minimum atomic E-state index is -0.0763. The van der Waals surface area contributed by atoms with Gasteiger partial charge in [0.2, 0.25) is 0 Å². The van der Waals surface area contributed by atoms with Crippen LogP contribution in [0.4, 0.5) is 5.69 Å². The van der Waals surface area contributed by atoms with Crippen LogP contribution in [0.2, 0.25) is 10.0 Å². The Morgan fingerprint density at radius 2 is 1.79 bits per heavy atom. The van der Waals surface area contributed by atoms with E-state index in [9.17, 15) is 4.79 Å². The van der Waals surface area contributed by atoms with Crippen molar-refractivity contribution in [2.75, 3.05) is 18.4 Å². The van der Waals surface area contributed by atoms with Crippen LogP contribution >= 0.6 is 23.2 Å². The first-order chi connectivity index (χ1) is 9.09. The normalized spacial score (nSPS) is 18.1. The Morgan fingerprint density at radius 3 is 2.37 bits per heavy atom. The van der Waals surface area contributed by atoms with Crippen molar-refractivity contribution in [3.63, 3.8) is 0 Å². The number of hydrogen-bond donors (Lipinski definition) is 2. The van der Waals surface area contributed by atoms with Gasteiger partial charge in [0.15, 0.2) is 6.04 Å². The molecule has 1 atom stereocenters. The smallest absolute Gasteiger partial charge is 0.282 e. The quantitative estimate of drug-likeness (QED) is 0.883. The Kier molecular flexibility index (Phi) is 5.08. The van der Waals surface area contributed by atoms with Gasteiger partial charge in [0.25, 0.3) is 5.91 Å². The second-order valence-corrected chi connectivity index (χ2v) is 5.84. The molecule has 1 aromatic rings. The predicted molar refractivity (Wildman–Crippen MR) is 79.1 cm³/mol. The van der Waals surface area contributed by atoms with E-state index in [-0.39, 0.29) is 11.9 Å². The molecule has 5 heteroatoms. The average molecular weight is 302 g/mol. The largest absolute Gasteiger partial charge is 0.325 e. The highest BCUT2D eigenvalue weighted by molar-refractivity contribution is 6.39.